The molecule has 1 aliphatic rings. The predicted molar refractivity (Wildman–Crippen MR) is 100 cm³/mol. The minimum Gasteiger partial charge on any atom is -0.444 e. The number of hydrogen-bond donors (Lipinski definition) is 1. The molecule has 1 aromatic carbocycles. The molecule has 1 heterocycles. The molecule has 6 nitrogen and oxygen atoms in total. The van der Waals surface area contributed by atoms with Crippen LogP contribution in [0.5, 0.6) is 0 Å². The van der Waals surface area contributed by atoms with Crippen molar-refractivity contribution in [1.82, 2.24) is 10.2 Å². The number of carbonyl (C=O) groups excluding carboxylic acids is 2. The molecule has 2 rings (SSSR count). The number of alkyl carbamates (subject to hydrolysis) is 1. The summed E-state index contributed by atoms with van der Waals surface area (Å²) >= 11 is 5.97. The molecule has 0 unspecified atom stereocenters. The standard InChI is InChI=1S/C19H27ClN2O4/c1-17(2,3)25-15(23)21-19(13-7-9-14(20)10-8-13)11-22(12-19)16(24)26-18(4,5)6/h7-10H,11-12H2,1-6H3,(H,21,23). The van der Waals surface area contributed by atoms with Gasteiger partial charge in [-0.05, 0) is 59.2 Å². The van der Waals surface area contributed by atoms with Crippen molar-refractivity contribution < 1.29 is 19.1 Å². The van der Waals surface area contributed by atoms with Crippen LogP contribution < -0.4 is 5.32 Å². The van der Waals surface area contributed by atoms with Gasteiger partial charge in [0.2, 0.25) is 0 Å². The summed E-state index contributed by atoms with van der Waals surface area (Å²) in [6.07, 6.45) is -0.940. The van der Waals surface area contributed by atoms with E-state index in [0.29, 0.717) is 18.1 Å². The molecule has 1 aliphatic heterocycles. The van der Waals surface area contributed by atoms with Crippen molar-refractivity contribution >= 4 is 23.8 Å². The monoisotopic (exact) mass is 382 g/mol. The summed E-state index contributed by atoms with van der Waals surface area (Å²) in [6, 6.07) is 7.19. The first-order valence-electron chi connectivity index (χ1n) is 8.55. The van der Waals surface area contributed by atoms with Gasteiger partial charge in [-0.25, -0.2) is 9.59 Å². The van der Waals surface area contributed by atoms with E-state index in [-0.39, 0.29) is 0 Å². The molecule has 1 saturated heterocycles. The molecular formula is C19H27ClN2O4. The van der Waals surface area contributed by atoms with E-state index < -0.39 is 28.9 Å². The van der Waals surface area contributed by atoms with Crippen LogP contribution >= 0.6 is 11.6 Å². The van der Waals surface area contributed by atoms with E-state index in [1.807, 2.05) is 32.9 Å². The zero-order valence-electron chi connectivity index (χ0n) is 16.2. The Bertz CT molecular complexity index is 668. The van der Waals surface area contributed by atoms with Gasteiger partial charge in [0.1, 0.15) is 16.7 Å². The van der Waals surface area contributed by atoms with E-state index >= 15 is 0 Å². The van der Waals surface area contributed by atoms with E-state index in [0.717, 1.165) is 5.56 Å². The summed E-state index contributed by atoms with van der Waals surface area (Å²) < 4.78 is 10.8. The number of halogens is 1. The van der Waals surface area contributed by atoms with Crippen molar-refractivity contribution in [2.24, 2.45) is 0 Å². The zero-order chi connectivity index (χ0) is 19.8. The van der Waals surface area contributed by atoms with Crippen LogP contribution in [0.3, 0.4) is 0 Å². The van der Waals surface area contributed by atoms with Crippen molar-refractivity contribution in [2.75, 3.05) is 13.1 Å². The Morgan fingerprint density at radius 3 is 1.96 bits per heavy atom. The molecule has 7 heteroatoms. The molecule has 144 valence electrons. The fourth-order valence-electron chi connectivity index (χ4n) is 2.66. The van der Waals surface area contributed by atoms with Crippen molar-refractivity contribution in [3.63, 3.8) is 0 Å². The second kappa shape index (κ2) is 6.99. The third kappa shape index (κ3) is 5.27. The van der Waals surface area contributed by atoms with Crippen LogP contribution in [-0.2, 0) is 15.0 Å². The van der Waals surface area contributed by atoms with Crippen LogP contribution in [-0.4, -0.2) is 41.4 Å². The molecule has 0 saturated carbocycles. The first-order chi connectivity index (χ1) is 11.8. The van der Waals surface area contributed by atoms with E-state index in [9.17, 15) is 9.59 Å². The van der Waals surface area contributed by atoms with Crippen molar-refractivity contribution in [2.45, 2.75) is 58.3 Å². The number of amides is 2. The van der Waals surface area contributed by atoms with Gasteiger partial charge in [-0.3, -0.25) is 0 Å². The van der Waals surface area contributed by atoms with Gasteiger partial charge in [-0.2, -0.15) is 0 Å². The van der Waals surface area contributed by atoms with Gasteiger partial charge in [0.15, 0.2) is 0 Å². The quantitative estimate of drug-likeness (QED) is 0.827. The highest BCUT2D eigenvalue weighted by Gasteiger charge is 2.49. The second-order valence-electron chi connectivity index (χ2n) is 8.55. The Morgan fingerprint density at radius 1 is 1.00 bits per heavy atom. The van der Waals surface area contributed by atoms with Crippen LogP contribution in [0.15, 0.2) is 24.3 Å². The Hall–Kier alpha value is -1.95. The Labute approximate surface area is 159 Å². The predicted octanol–water partition coefficient (Wildman–Crippen LogP) is 4.31. The maximum atomic E-state index is 12.3. The summed E-state index contributed by atoms with van der Waals surface area (Å²) in [7, 11) is 0. The number of nitrogens with one attached hydrogen (secondary N) is 1. The summed E-state index contributed by atoms with van der Waals surface area (Å²) in [6.45, 7) is 11.4. The lowest BCUT2D eigenvalue weighted by Crippen LogP contribution is -2.69. The second-order valence-corrected chi connectivity index (χ2v) is 8.99. The van der Waals surface area contributed by atoms with Crippen LogP contribution in [0.2, 0.25) is 5.02 Å². The Balaban J connectivity index is 2.16. The van der Waals surface area contributed by atoms with Gasteiger partial charge >= 0.3 is 12.2 Å². The highest BCUT2D eigenvalue weighted by atomic mass is 35.5. The number of benzene rings is 1. The van der Waals surface area contributed by atoms with Gasteiger partial charge in [0.05, 0.1) is 13.1 Å². The molecule has 1 fully saturated rings. The lowest BCUT2D eigenvalue weighted by Gasteiger charge is -2.50. The third-order valence-corrected chi connectivity index (χ3v) is 3.96. The SMILES string of the molecule is CC(C)(C)OC(=O)NC1(c2ccc(Cl)cc2)CN(C(=O)OC(C)(C)C)C1. The number of nitrogens with zero attached hydrogens (tertiary/aromatic N) is 1. The fraction of sp³-hybridized carbons (Fsp3) is 0.579. The zero-order valence-corrected chi connectivity index (χ0v) is 16.9. The van der Waals surface area contributed by atoms with E-state index in [2.05, 4.69) is 5.32 Å². The number of hydrogen-bond acceptors (Lipinski definition) is 4. The average Bonchev–Trinajstić information content (AvgIpc) is 2.39. The number of carbonyl (C=O) groups is 2. The molecular weight excluding hydrogens is 356 g/mol. The smallest absolute Gasteiger partial charge is 0.410 e. The topological polar surface area (TPSA) is 67.9 Å². The van der Waals surface area contributed by atoms with Gasteiger partial charge in [0.25, 0.3) is 0 Å². The average molecular weight is 383 g/mol. The van der Waals surface area contributed by atoms with Gasteiger partial charge in [0, 0.05) is 5.02 Å². The number of ether oxygens (including phenoxy) is 2. The lowest BCUT2D eigenvalue weighted by molar-refractivity contribution is -0.0229. The molecule has 0 bridgehead atoms. The molecule has 2 amide bonds. The highest BCUT2D eigenvalue weighted by molar-refractivity contribution is 6.30. The minimum atomic E-state index is -0.732. The first kappa shape index (κ1) is 20.4. The lowest BCUT2D eigenvalue weighted by atomic mass is 9.82. The van der Waals surface area contributed by atoms with Crippen LogP contribution in [0.4, 0.5) is 9.59 Å². The van der Waals surface area contributed by atoms with E-state index in [4.69, 9.17) is 21.1 Å². The summed E-state index contributed by atoms with van der Waals surface area (Å²) in [4.78, 5) is 26.1. The first-order valence-corrected chi connectivity index (χ1v) is 8.93. The summed E-state index contributed by atoms with van der Waals surface area (Å²) in [5, 5.41) is 3.52. The van der Waals surface area contributed by atoms with Crippen molar-refractivity contribution in [3.05, 3.63) is 34.9 Å². The number of likely N-dealkylation sites (tertiary alicyclic amines) is 1. The molecule has 0 aliphatic carbocycles. The van der Waals surface area contributed by atoms with Gasteiger partial charge < -0.3 is 19.7 Å². The Morgan fingerprint density at radius 2 is 1.50 bits per heavy atom. The molecule has 0 radical (unpaired) electrons. The number of rotatable bonds is 2. The molecule has 0 aromatic heterocycles. The largest absolute Gasteiger partial charge is 0.444 e. The molecule has 26 heavy (non-hydrogen) atoms. The van der Waals surface area contributed by atoms with E-state index in [1.54, 1.807) is 37.8 Å². The molecule has 1 N–H and O–H groups in total. The van der Waals surface area contributed by atoms with Crippen LogP contribution in [0.25, 0.3) is 0 Å². The third-order valence-electron chi connectivity index (χ3n) is 3.71. The molecule has 1 aromatic rings. The Kier molecular flexibility index (Phi) is 5.47. The maximum Gasteiger partial charge on any atom is 0.410 e. The fourth-order valence-corrected chi connectivity index (χ4v) is 2.79. The van der Waals surface area contributed by atoms with Crippen LogP contribution in [0.1, 0.15) is 47.1 Å². The minimum absolute atomic E-state index is 0.294. The highest BCUT2D eigenvalue weighted by Crippen LogP contribution is 2.34. The van der Waals surface area contributed by atoms with Gasteiger partial charge in [-0.1, -0.05) is 23.7 Å². The van der Waals surface area contributed by atoms with Crippen LogP contribution in [0, 0.1) is 0 Å². The normalized spacial score (nSPS) is 16.5. The van der Waals surface area contributed by atoms with Gasteiger partial charge in [-0.15, -0.1) is 0 Å². The maximum absolute atomic E-state index is 12.3. The van der Waals surface area contributed by atoms with Crippen molar-refractivity contribution in [1.29, 1.82) is 0 Å². The molecule has 0 atom stereocenters. The van der Waals surface area contributed by atoms with Crippen molar-refractivity contribution in [3.8, 4) is 0 Å². The molecule has 0 spiro atoms. The summed E-state index contributed by atoms with van der Waals surface area (Å²) in [5.74, 6) is 0. The van der Waals surface area contributed by atoms with E-state index in [1.165, 1.54) is 0 Å². The summed E-state index contributed by atoms with van der Waals surface area (Å²) in [5.41, 5.74) is -1.06.